The topological polar surface area (TPSA) is 52.7 Å². The summed E-state index contributed by atoms with van der Waals surface area (Å²) >= 11 is 0. The first kappa shape index (κ1) is 15.2. The van der Waals surface area contributed by atoms with Crippen LogP contribution in [0.15, 0.2) is 0 Å². The molecule has 19 heavy (non-hydrogen) atoms. The highest BCUT2D eigenvalue weighted by Crippen LogP contribution is 2.28. The van der Waals surface area contributed by atoms with Gasteiger partial charge in [-0.05, 0) is 50.6 Å². The van der Waals surface area contributed by atoms with Crippen LogP contribution in [0.5, 0.6) is 0 Å². The van der Waals surface area contributed by atoms with Crippen LogP contribution in [0.4, 0.5) is 0 Å². The van der Waals surface area contributed by atoms with Gasteiger partial charge in [-0.25, -0.2) is 0 Å². The molecule has 3 atom stereocenters. The lowest BCUT2D eigenvalue weighted by atomic mass is 9.79. The van der Waals surface area contributed by atoms with Gasteiger partial charge in [0.1, 0.15) is 0 Å². The number of hydrogen-bond acceptors (Lipinski definition) is 4. The molecule has 4 heteroatoms. The van der Waals surface area contributed by atoms with Crippen LogP contribution in [0.25, 0.3) is 0 Å². The molecule has 1 aliphatic heterocycles. The molecular weight excluding hydrogens is 238 g/mol. The number of nitrogens with two attached hydrogens (primary N) is 1. The molecule has 0 bridgehead atoms. The van der Waals surface area contributed by atoms with Crippen molar-refractivity contribution in [2.24, 2.45) is 17.6 Å². The molecule has 2 rings (SSSR count). The highest BCUT2D eigenvalue weighted by Gasteiger charge is 2.28. The van der Waals surface area contributed by atoms with Gasteiger partial charge in [-0.1, -0.05) is 6.92 Å². The maximum atomic E-state index is 9.03. The van der Waals surface area contributed by atoms with Gasteiger partial charge >= 0.3 is 0 Å². The fraction of sp³-hybridized carbons (Fsp3) is 1.00. The molecule has 1 saturated carbocycles. The number of aliphatic hydroxyl groups is 1. The van der Waals surface area contributed by atoms with Crippen molar-refractivity contribution in [2.45, 2.75) is 38.6 Å². The van der Waals surface area contributed by atoms with Crippen molar-refractivity contribution in [1.29, 1.82) is 0 Å². The van der Waals surface area contributed by atoms with Crippen LogP contribution in [0, 0.1) is 11.8 Å². The molecule has 0 radical (unpaired) electrons. The summed E-state index contributed by atoms with van der Waals surface area (Å²) in [5, 5.41) is 9.03. The molecule has 0 aromatic carbocycles. The summed E-state index contributed by atoms with van der Waals surface area (Å²) < 4.78 is 0. The zero-order valence-corrected chi connectivity index (χ0v) is 12.4. The lowest BCUT2D eigenvalue weighted by molar-refractivity contribution is 0.159. The maximum absolute atomic E-state index is 9.03. The van der Waals surface area contributed by atoms with Crippen LogP contribution in [0.1, 0.15) is 32.6 Å². The van der Waals surface area contributed by atoms with E-state index in [-0.39, 0.29) is 6.61 Å². The summed E-state index contributed by atoms with van der Waals surface area (Å²) in [5.74, 6) is 1.54. The fourth-order valence-corrected chi connectivity index (χ4v) is 3.64. The van der Waals surface area contributed by atoms with E-state index < -0.39 is 0 Å². The third-order valence-corrected chi connectivity index (χ3v) is 4.89. The second kappa shape index (κ2) is 7.58. The second-order valence-electron chi connectivity index (χ2n) is 6.56. The molecule has 2 fully saturated rings. The second-order valence-corrected chi connectivity index (χ2v) is 6.56. The number of rotatable bonds is 4. The minimum absolute atomic E-state index is 0.283. The first-order chi connectivity index (χ1) is 9.19. The summed E-state index contributed by atoms with van der Waals surface area (Å²) in [6.07, 6.45) is 5.04. The Morgan fingerprint density at radius 3 is 2.63 bits per heavy atom. The Labute approximate surface area is 117 Å². The minimum Gasteiger partial charge on any atom is -0.395 e. The van der Waals surface area contributed by atoms with E-state index in [1.807, 2.05) is 0 Å². The largest absolute Gasteiger partial charge is 0.395 e. The molecule has 1 aliphatic carbocycles. The van der Waals surface area contributed by atoms with Crippen LogP contribution in [0.3, 0.4) is 0 Å². The van der Waals surface area contributed by atoms with Crippen molar-refractivity contribution in [1.82, 2.24) is 9.80 Å². The zero-order valence-electron chi connectivity index (χ0n) is 12.4. The van der Waals surface area contributed by atoms with Crippen molar-refractivity contribution in [3.05, 3.63) is 0 Å². The number of nitrogens with zero attached hydrogens (tertiary/aromatic N) is 2. The Kier molecular flexibility index (Phi) is 6.07. The van der Waals surface area contributed by atoms with Crippen LogP contribution < -0.4 is 5.73 Å². The third kappa shape index (κ3) is 4.71. The SMILES string of the molecule is CC1CCC(N)C(CN2CCCN(CCO)CC2)C1. The molecule has 1 saturated heterocycles. The van der Waals surface area contributed by atoms with Crippen LogP contribution in [0.2, 0.25) is 0 Å². The van der Waals surface area contributed by atoms with Gasteiger partial charge < -0.3 is 15.7 Å². The van der Waals surface area contributed by atoms with E-state index in [0.29, 0.717) is 12.0 Å². The van der Waals surface area contributed by atoms with E-state index in [1.54, 1.807) is 0 Å². The van der Waals surface area contributed by atoms with Gasteiger partial charge in [-0.15, -0.1) is 0 Å². The van der Waals surface area contributed by atoms with Crippen LogP contribution in [-0.4, -0.2) is 66.8 Å². The van der Waals surface area contributed by atoms with E-state index in [4.69, 9.17) is 10.8 Å². The first-order valence-electron chi connectivity index (χ1n) is 8.00. The number of β-amino-alcohol motifs (C(OH)–C–C–N with tert-alkyl or cyclic N) is 1. The third-order valence-electron chi connectivity index (χ3n) is 4.89. The van der Waals surface area contributed by atoms with E-state index in [9.17, 15) is 0 Å². The number of aliphatic hydroxyl groups excluding tert-OH is 1. The van der Waals surface area contributed by atoms with Crippen molar-refractivity contribution < 1.29 is 5.11 Å². The molecule has 0 amide bonds. The van der Waals surface area contributed by atoms with Gasteiger partial charge in [0.25, 0.3) is 0 Å². The monoisotopic (exact) mass is 269 g/mol. The smallest absolute Gasteiger partial charge is 0.0558 e. The normalized spacial score (nSPS) is 35.2. The average Bonchev–Trinajstić information content (AvgIpc) is 2.60. The Hall–Kier alpha value is -0.160. The minimum atomic E-state index is 0.283. The Balaban J connectivity index is 1.78. The molecule has 112 valence electrons. The molecular formula is C15H31N3O. The van der Waals surface area contributed by atoms with E-state index in [0.717, 1.165) is 32.1 Å². The standard InChI is InChI=1S/C15H31N3O/c1-13-3-4-15(16)14(11-13)12-18-6-2-5-17(7-8-18)9-10-19/h13-15,19H,2-12,16H2,1H3. The summed E-state index contributed by atoms with van der Waals surface area (Å²) in [5.41, 5.74) is 6.30. The van der Waals surface area contributed by atoms with Gasteiger partial charge in [0.05, 0.1) is 6.61 Å². The molecule has 0 aromatic rings. The zero-order chi connectivity index (χ0) is 13.7. The van der Waals surface area contributed by atoms with Gasteiger partial charge in [0.15, 0.2) is 0 Å². The lowest BCUT2D eigenvalue weighted by Gasteiger charge is -2.36. The molecule has 0 aromatic heterocycles. The maximum Gasteiger partial charge on any atom is 0.0558 e. The average molecular weight is 269 g/mol. The predicted octanol–water partition coefficient (Wildman–Crippen LogP) is 0.750. The quantitative estimate of drug-likeness (QED) is 0.791. The predicted molar refractivity (Wildman–Crippen MR) is 79.1 cm³/mol. The van der Waals surface area contributed by atoms with Crippen molar-refractivity contribution in [2.75, 3.05) is 45.9 Å². The highest BCUT2D eigenvalue weighted by molar-refractivity contribution is 4.84. The van der Waals surface area contributed by atoms with Gasteiger partial charge in [0, 0.05) is 32.2 Å². The summed E-state index contributed by atoms with van der Waals surface area (Å²) in [6.45, 7) is 9.21. The van der Waals surface area contributed by atoms with Crippen molar-refractivity contribution in [3.63, 3.8) is 0 Å². The van der Waals surface area contributed by atoms with Crippen LogP contribution >= 0.6 is 0 Å². The highest BCUT2D eigenvalue weighted by atomic mass is 16.3. The van der Waals surface area contributed by atoms with Gasteiger partial charge in [0.2, 0.25) is 0 Å². The Morgan fingerprint density at radius 1 is 1.11 bits per heavy atom. The summed E-state index contributed by atoms with van der Waals surface area (Å²) in [6, 6.07) is 0.410. The summed E-state index contributed by atoms with van der Waals surface area (Å²) in [7, 11) is 0. The first-order valence-corrected chi connectivity index (χ1v) is 8.00. The van der Waals surface area contributed by atoms with Crippen molar-refractivity contribution >= 4 is 0 Å². The lowest BCUT2D eigenvalue weighted by Crippen LogP contribution is -2.43. The Bertz CT molecular complexity index is 262. The molecule has 1 heterocycles. The summed E-state index contributed by atoms with van der Waals surface area (Å²) in [4.78, 5) is 4.98. The number of hydrogen-bond donors (Lipinski definition) is 2. The van der Waals surface area contributed by atoms with Gasteiger partial charge in [-0.2, -0.15) is 0 Å². The fourth-order valence-electron chi connectivity index (χ4n) is 3.64. The van der Waals surface area contributed by atoms with E-state index >= 15 is 0 Å². The van der Waals surface area contributed by atoms with E-state index in [2.05, 4.69) is 16.7 Å². The molecule has 2 aliphatic rings. The molecule has 0 spiro atoms. The molecule has 3 N–H and O–H groups in total. The molecule has 4 nitrogen and oxygen atoms in total. The van der Waals surface area contributed by atoms with Gasteiger partial charge in [-0.3, -0.25) is 4.90 Å². The molecule has 3 unspecified atom stereocenters. The Morgan fingerprint density at radius 2 is 1.84 bits per heavy atom. The van der Waals surface area contributed by atoms with Crippen LogP contribution in [-0.2, 0) is 0 Å². The van der Waals surface area contributed by atoms with E-state index in [1.165, 1.54) is 38.8 Å². The van der Waals surface area contributed by atoms with Crippen molar-refractivity contribution in [3.8, 4) is 0 Å².